The van der Waals surface area contributed by atoms with E-state index in [1.807, 2.05) is 0 Å². The molecule has 0 spiro atoms. The van der Waals surface area contributed by atoms with Crippen molar-refractivity contribution < 1.29 is 0 Å². The number of rotatable bonds is 0. The topological polar surface area (TPSA) is 26.0 Å². The van der Waals surface area contributed by atoms with Crippen LogP contribution in [0.5, 0.6) is 0 Å². The minimum atomic E-state index is 0.354. The Morgan fingerprint density at radius 2 is 2.00 bits per heavy atom. The van der Waals surface area contributed by atoms with Crippen LogP contribution in [-0.4, -0.2) is 5.75 Å². The monoisotopic (exact) mass is 231 g/mol. The molecule has 0 aliphatic carbocycles. The summed E-state index contributed by atoms with van der Waals surface area (Å²) in [5.41, 5.74) is 6.68. The molecule has 1 aromatic rings. The van der Waals surface area contributed by atoms with Crippen molar-refractivity contribution in [3.05, 3.63) is 27.7 Å². The first-order valence-electron chi connectivity index (χ1n) is 3.50. The zero-order valence-corrected chi connectivity index (χ0v) is 9.05. The lowest BCUT2D eigenvalue weighted by Gasteiger charge is -2.01. The SMILES string of the molecule is Nc1ccc(C#CCS)c(Cl)c1Cl. The summed E-state index contributed by atoms with van der Waals surface area (Å²) in [5.74, 6) is 6.10. The molecule has 4 heteroatoms. The maximum atomic E-state index is 5.89. The number of benzene rings is 1. The number of anilines is 1. The molecule has 1 rings (SSSR count). The zero-order chi connectivity index (χ0) is 9.84. The van der Waals surface area contributed by atoms with Crippen LogP contribution in [0.15, 0.2) is 12.1 Å². The fourth-order valence-corrected chi connectivity index (χ4v) is 1.26. The molecule has 0 fully saturated rings. The molecule has 1 nitrogen and oxygen atoms in total. The van der Waals surface area contributed by atoms with Gasteiger partial charge in [0.15, 0.2) is 0 Å². The Labute approximate surface area is 92.6 Å². The summed E-state index contributed by atoms with van der Waals surface area (Å²) >= 11 is 15.7. The molecule has 0 saturated heterocycles. The first-order valence-corrected chi connectivity index (χ1v) is 4.89. The van der Waals surface area contributed by atoms with Crippen molar-refractivity contribution in [1.29, 1.82) is 0 Å². The molecule has 0 aliphatic heterocycles. The molecule has 0 heterocycles. The van der Waals surface area contributed by atoms with Gasteiger partial charge in [-0.2, -0.15) is 12.6 Å². The molecule has 0 amide bonds. The minimum absolute atomic E-state index is 0.354. The number of hydrogen-bond acceptors (Lipinski definition) is 2. The highest BCUT2D eigenvalue weighted by molar-refractivity contribution is 7.80. The molecule has 0 saturated carbocycles. The van der Waals surface area contributed by atoms with E-state index in [4.69, 9.17) is 28.9 Å². The van der Waals surface area contributed by atoms with Gasteiger partial charge in [-0.3, -0.25) is 0 Å². The van der Waals surface area contributed by atoms with Crippen LogP contribution in [0.2, 0.25) is 10.0 Å². The highest BCUT2D eigenvalue weighted by Gasteiger charge is 2.05. The lowest BCUT2D eigenvalue weighted by Crippen LogP contribution is -1.88. The van der Waals surface area contributed by atoms with Crippen LogP contribution in [-0.2, 0) is 0 Å². The minimum Gasteiger partial charge on any atom is -0.397 e. The molecule has 68 valence electrons. The van der Waals surface area contributed by atoms with E-state index in [2.05, 4.69) is 24.5 Å². The summed E-state index contributed by atoms with van der Waals surface area (Å²) in [6.45, 7) is 0. The summed E-state index contributed by atoms with van der Waals surface area (Å²) in [4.78, 5) is 0. The van der Waals surface area contributed by atoms with Crippen LogP contribution in [0.3, 0.4) is 0 Å². The molecular formula is C9H7Cl2NS. The zero-order valence-electron chi connectivity index (χ0n) is 6.64. The Kier molecular flexibility index (Phi) is 3.80. The number of hydrogen-bond donors (Lipinski definition) is 2. The Morgan fingerprint density at radius 1 is 1.31 bits per heavy atom. The summed E-state index contributed by atoms with van der Waals surface area (Å²) in [5, 5.41) is 0.753. The smallest absolute Gasteiger partial charge is 0.0834 e. The van der Waals surface area contributed by atoms with E-state index in [0.29, 0.717) is 27.0 Å². The molecule has 0 radical (unpaired) electrons. The van der Waals surface area contributed by atoms with Crippen molar-refractivity contribution in [1.82, 2.24) is 0 Å². The van der Waals surface area contributed by atoms with Gasteiger partial charge in [-0.05, 0) is 12.1 Å². The highest BCUT2D eigenvalue weighted by Crippen LogP contribution is 2.30. The van der Waals surface area contributed by atoms with Crippen LogP contribution >= 0.6 is 35.8 Å². The van der Waals surface area contributed by atoms with Gasteiger partial charge in [0, 0.05) is 5.56 Å². The molecule has 0 aromatic heterocycles. The van der Waals surface area contributed by atoms with Crippen molar-refractivity contribution in [3.63, 3.8) is 0 Å². The molecule has 2 N–H and O–H groups in total. The van der Waals surface area contributed by atoms with Crippen molar-refractivity contribution in [2.75, 3.05) is 11.5 Å². The predicted molar refractivity (Wildman–Crippen MR) is 61.6 cm³/mol. The fourth-order valence-electron chi connectivity index (χ4n) is 0.796. The van der Waals surface area contributed by atoms with Gasteiger partial charge in [0.25, 0.3) is 0 Å². The number of halogens is 2. The van der Waals surface area contributed by atoms with E-state index in [1.54, 1.807) is 12.1 Å². The van der Waals surface area contributed by atoms with Gasteiger partial charge >= 0.3 is 0 Å². The molecule has 0 atom stereocenters. The van der Waals surface area contributed by atoms with Crippen molar-refractivity contribution in [2.24, 2.45) is 0 Å². The normalized spacial score (nSPS) is 9.15. The second-order valence-corrected chi connectivity index (χ2v) is 3.36. The molecule has 1 aromatic carbocycles. The van der Waals surface area contributed by atoms with Gasteiger partial charge in [0.05, 0.1) is 21.5 Å². The van der Waals surface area contributed by atoms with Gasteiger partial charge in [-0.15, -0.1) is 0 Å². The summed E-state index contributed by atoms with van der Waals surface area (Å²) in [6.07, 6.45) is 0. The maximum Gasteiger partial charge on any atom is 0.0834 e. The van der Waals surface area contributed by atoms with Crippen LogP contribution in [0.4, 0.5) is 5.69 Å². The van der Waals surface area contributed by atoms with E-state index in [9.17, 15) is 0 Å². The predicted octanol–water partition coefficient (Wildman–Crippen LogP) is 2.86. The Bertz CT molecular complexity index is 379. The van der Waals surface area contributed by atoms with Gasteiger partial charge < -0.3 is 5.73 Å². The van der Waals surface area contributed by atoms with Gasteiger partial charge in [0.1, 0.15) is 0 Å². The Hall–Kier alpha value is -0.490. The maximum absolute atomic E-state index is 5.89. The quantitative estimate of drug-likeness (QED) is 0.401. The third kappa shape index (κ3) is 2.47. The van der Waals surface area contributed by atoms with Crippen LogP contribution in [0.25, 0.3) is 0 Å². The third-order valence-electron chi connectivity index (χ3n) is 1.41. The number of nitrogens with two attached hydrogens (primary N) is 1. The molecule has 13 heavy (non-hydrogen) atoms. The largest absolute Gasteiger partial charge is 0.397 e. The van der Waals surface area contributed by atoms with E-state index in [-0.39, 0.29) is 0 Å². The summed E-state index contributed by atoms with van der Waals surface area (Å²) in [6, 6.07) is 3.41. The van der Waals surface area contributed by atoms with Crippen LogP contribution < -0.4 is 5.73 Å². The second kappa shape index (κ2) is 4.66. The number of nitrogen functional groups attached to an aromatic ring is 1. The van der Waals surface area contributed by atoms with Crippen LogP contribution in [0.1, 0.15) is 5.56 Å². The van der Waals surface area contributed by atoms with Gasteiger partial charge in [0.2, 0.25) is 0 Å². The third-order valence-corrected chi connectivity index (χ3v) is 2.47. The molecule has 0 aliphatic rings. The fraction of sp³-hybridized carbons (Fsp3) is 0.111. The second-order valence-electron chi connectivity index (χ2n) is 2.29. The summed E-state index contributed by atoms with van der Waals surface area (Å²) in [7, 11) is 0. The van der Waals surface area contributed by atoms with Gasteiger partial charge in [-0.1, -0.05) is 35.0 Å². The Morgan fingerprint density at radius 3 is 2.62 bits per heavy atom. The molecular weight excluding hydrogens is 225 g/mol. The van der Waals surface area contributed by atoms with E-state index >= 15 is 0 Å². The van der Waals surface area contributed by atoms with E-state index < -0.39 is 0 Å². The lowest BCUT2D eigenvalue weighted by atomic mass is 10.2. The van der Waals surface area contributed by atoms with Crippen LogP contribution in [0, 0.1) is 11.8 Å². The van der Waals surface area contributed by atoms with Crippen molar-refractivity contribution >= 4 is 41.5 Å². The molecule has 0 bridgehead atoms. The van der Waals surface area contributed by atoms with E-state index in [0.717, 1.165) is 0 Å². The standard InChI is InChI=1S/C9H7Cl2NS/c10-8-6(2-1-5-13)3-4-7(12)9(8)11/h3-4,13H,5,12H2. The highest BCUT2D eigenvalue weighted by atomic mass is 35.5. The van der Waals surface area contributed by atoms with Crippen molar-refractivity contribution in [2.45, 2.75) is 0 Å². The van der Waals surface area contributed by atoms with Crippen molar-refractivity contribution in [3.8, 4) is 11.8 Å². The lowest BCUT2D eigenvalue weighted by molar-refractivity contribution is 1.63. The first-order chi connectivity index (χ1) is 6.16. The average Bonchev–Trinajstić information content (AvgIpc) is 2.13. The number of thiol groups is 1. The van der Waals surface area contributed by atoms with Gasteiger partial charge in [-0.25, -0.2) is 0 Å². The summed E-state index contributed by atoms with van der Waals surface area (Å²) < 4.78 is 0. The van der Waals surface area contributed by atoms with E-state index in [1.165, 1.54) is 0 Å². The molecule has 0 unspecified atom stereocenters. The average molecular weight is 232 g/mol. The first kappa shape index (κ1) is 10.6. The Balaban J connectivity index is 3.18.